The predicted octanol–water partition coefficient (Wildman–Crippen LogP) is 2.40. The Morgan fingerprint density at radius 1 is 1.00 bits per heavy atom. The molecule has 1 saturated heterocycles. The van der Waals surface area contributed by atoms with Crippen LogP contribution in [0.3, 0.4) is 0 Å². The Kier molecular flexibility index (Phi) is 7.32. The van der Waals surface area contributed by atoms with Crippen LogP contribution in [0.15, 0.2) is 60.8 Å². The second kappa shape index (κ2) is 10.3. The zero-order chi connectivity index (χ0) is 21.3. The molecule has 0 saturated carbocycles. The molecule has 7 heteroatoms. The van der Waals surface area contributed by atoms with Gasteiger partial charge in [-0.2, -0.15) is 0 Å². The van der Waals surface area contributed by atoms with E-state index in [9.17, 15) is 14.7 Å². The first-order valence-electron chi connectivity index (χ1n) is 9.91. The Balaban J connectivity index is 1.55. The van der Waals surface area contributed by atoms with Crippen LogP contribution in [0.1, 0.15) is 5.56 Å². The van der Waals surface area contributed by atoms with Crippen LogP contribution >= 0.6 is 0 Å². The van der Waals surface area contributed by atoms with Crippen molar-refractivity contribution in [3.05, 3.63) is 66.4 Å². The molecule has 1 fully saturated rings. The van der Waals surface area contributed by atoms with Crippen molar-refractivity contribution in [2.24, 2.45) is 0 Å². The van der Waals surface area contributed by atoms with E-state index >= 15 is 0 Å². The van der Waals surface area contributed by atoms with Gasteiger partial charge in [0, 0.05) is 31.9 Å². The summed E-state index contributed by atoms with van der Waals surface area (Å²) < 4.78 is 5.14. The Labute approximate surface area is 176 Å². The summed E-state index contributed by atoms with van der Waals surface area (Å²) in [5.74, 6) is -0.367. The fraction of sp³-hybridized carbons (Fsp3) is 0.304. The normalized spacial score (nSPS) is 14.0. The summed E-state index contributed by atoms with van der Waals surface area (Å²) in [5, 5.41) is 9.25. The molecule has 0 aromatic heterocycles. The first kappa shape index (κ1) is 21.2. The molecule has 1 aliphatic rings. The maximum atomic E-state index is 12.8. The maximum absolute atomic E-state index is 12.8. The lowest BCUT2D eigenvalue weighted by Crippen LogP contribution is -2.50. The number of carbonyl (C=O) groups is 2. The number of rotatable bonds is 8. The van der Waals surface area contributed by atoms with E-state index in [1.54, 1.807) is 41.2 Å². The zero-order valence-corrected chi connectivity index (χ0v) is 17.1. The van der Waals surface area contributed by atoms with Crippen LogP contribution < -0.4 is 9.64 Å². The molecule has 1 heterocycles. The summed E-state index contributed by atoms with van der Waals surface area (Å²) in [6.07, 6.45) is 4.13. The van der Waals surface area contributed by atoms with Crippen molar-refractivity contribution < 1.29 is 19.4 Å². The van der Waals surface area contributed by atoms with E-state index in [4.69, 9.17) is 4.74 Å². The van der Waals surface area contributed by atoms with Crippen molar-refractivity contribution in [2.75, 3.05) is 51.3 Å². The van der Waals surface area contributed by atoms with Gasteiger partial charge in [-0.05, 0) is 42.1 Å². The summed E-state index contributed by atoms with van der Waals surface area (Å²) in [4.78, 5) is 29.7. The van der Waals surface area contributed by atoms with Crippen LogP contribution in [0.4, 0.5) is 5.69 Å². The number of amides is 1. The average Bonchev–Trinajstić information content (AvgIpc) is 2.78. The van der Waals surface area contributed by atoms with E-state index < -0.39 is 5.97 Å². The van der Waals surface area contributed by atoms with Gasteiger partial charge in [-0.1, -0.05) is 30.3 Å². The van der Waals surface area contributed by atoms with Gasteiger partial charge >= 0.3 is 5.97 Å². The van der Waals surface area contributed by atoms with Gasteiger partial charge in [-0.15, -0.1) is 0 Å². The SMILES string of the molecule is COc1ccc(N(CC(=O)O)CC(=O)N2CCN(/C=C/c3ccccc3)CC2)cc1. The highest BCUT2D eigenvalue weighted by atomic mass is 16.5. The predicted molar refractivity (Wildman–Crippen MR) is 116 cm³/mol. The van der Waals surface area contributed by atoms with Crippen molar-refractivity contribution in [2.45, 2.75) is 0 Å². The average molecular weight is 409 g/mol. The molecular formula is C23H27N3O4. The second-order valence-electron chi connectivity index (χ2n) is 7.09. The van der Waals surface area contributed by atoms with E-state index in [2.05, 4.69) is 17.2 Å². The minimum Gasteiger partial charge on any atom is -0.497 e. The number of anilines is 1. The van der Waals surface area contributed by atoms with Crippen molar-refractivity contribution >= 4 is 23.6 Å². The number of piperazine rings is 1. The number of hydrogen-bond acceptors (Lipinski definition) is 5. The molecule has 2 aromatic rings. The third-order valence-electron chi connectivity index (χ3n) is 5.03. The standard InChI is InChI=1S/C23H27N3O4/c1-30-21-9-7-20(8-10-21)26(18-23(28)29)17-22(27)25-15-13-24(14-16-25)12-11-19-5-3-2-4-6-19/h2-12H,13-18H2,1H3,(H,28,29)/b12-11+. The molecule has 3 rings (SSSR count). The van der Waals surface area contributed by atoms with E-state index in [1.807, 2.05) is 30.3 Å². The topological polar surface area (TPSA) is 73.3 Å². The summed E-state index contributed by atoms with van der Waals surface area (Å²) >= 11 is 0. The molecule has 1 amide bonds. The number of nitrogens with zero attached hydrogens (tertiary/aromatic N) is 3. The smallest absolute Gasteiger partial charge is 0.323 e. The van der Waals surface area contributed by atoms with Crippen molar-refractivity contribution in [1.82, 2.24) is 9.80 Å². The van der Waals surface area contributed by atoms with E-state index in [0.29, 0.717) is 24.5 Å². The first-order valence-corrected chi connectivity index (χ1v) is 9.91. The van der Waals surface area contributed by atoms with Gasteiger partial charge in [0.25, 0.3) is 0 Å². The van der Waals surface area contributed by atoms with Crippen molar-refractivity contribution in [3.63, 3.8) is 0 Å². The van der Waals surface area contributed by atoms with Crippen LogP contribution in [0.25, 0.3) is 6.08 Å². The Morgan fingerprint density at radius 2 is 1.67 bits per heavy atom. The highest BCUT2D eigenvalue weighted by Gasteiger charge is 2.23. The minimum atomic E-state index is -0.977. The molecular weight excluding hydrogens is 382 g/mol. The second-order valence-corrected chi connectivity index (χ2v) is 7.09. The maximum Gasteiger partial charge on any atom is 0.323 e. The van der Waals surface area contributed by atoms with Crippen LogP contribution in [-0.4, -0.2) is 73.2 Å². The fourth-order valence-corrected chi connectivity index (χ4v) is 3.33. The lowest BCUT2D eigenvalue weighted by atomic mass is 10.2. The van der Waals surface area contributed by atoms with E-state index in [1.165, 1.54) is 0 Å². The largest absolute Gasteiger partial charge is 0.497 e. The molecule has 0 bridgehead atoms. The molecule has 0 unspecified atom stereocenters. The van der Waals surface area contributed by atoms with E-state index in [-0.39, 0.29) is 19.0 Å². The molecule has 158 valence electrons. The van der Waals surface area contributed by atoms with Gasteiger partial charge in [0.15, 0.2) is 0 Å². The molecule has 0 spiro atoms. The molecule has 1 N–H and O–H groups in total. The van der Waals surface area contributed by atoms with Gasteiger partial charge in [-0.25, -0.2) is 0 Å². The number of methoxy groups -OCH3 is 1. The molecule has 1 aliphatic heterocycles. The number of benzene rings is 2. The number of hydrogen-bond donors (Lipinski definition) is 1. The number of carbonyl (C=O) groups excluding carboxylic acids is 1. The summed E-state index contributed by atoms with van der Waals surface area (Å²) in [6, 6.07) is 17.1. The zero-order valence-electron chi connectivity index (χ0n) is 17.1. The van der Waals surface area contributed by atoms with Gasteiger partial charge < -0.3 is 24.5 Å². The Hall–Kier alpha value is -3.48. The van der Waals surface area contributed by atoms with Gasteiger partial charge in [0.05, 0.1) is 13.7 Å². The number of carboxylic acid groups (broad SMARTS) is 1. The highest BCUT2D eigenvalue weighted by molar-refractivity contribution is 5.84. The third kappa shape index (κ3) is 6.01. The number of carboxylic acids is 1. The number of aliphatic carboxylic acids is 1. The van der Waals surface area contributed by atoms with Crippen LogP contribution in [0.5, 0.6) is 5.75 Å². The third-order valence-corrected chi connectivity index (χ3v) is 5.03. The number of ether oxygens (including phenoxy) is 1. The summed E-state index contributed by atoms with van der Waals surface area (Å²) in [5.41, 5.74) is 1.82. The quantitative estimate of drug-likeness (QED) is 0.722. The lowest BCUT2D eigenvalue weighted by molar-refractivity contribution is -0.135. The molecule has 0 radical (unpaired) electrons. The van der Waals surface area contributed by atoms with Crippen molar-refractivity contribution in [3.8, 4) is 5.75 Å². The molecule has 30 heavy (non-hydrogen) atoms. The highest BCUT2D eigenvalue weighted by Crippen LogP contribution is 2.19. The lowest BCUT2D eigenvalue weighted by Gasteiger charge is -2.35. The van der Waals surface area contributed by atoms with Gasteiger partial charge in [0.2, 0.25) is 5.91 Å². The Bertz CT molecular complexity index is 860. The van der Waals surface area contributed by atoms with Crippen LogP contribution in [0, 0.1) is 0 Å². The van der Waals surface area contributed by atoms with Crippen LogP contribution in [0.2, 0.25) is 0 Å². The summed E-state index contributed by atoms with van der Waals surface area (Å²) in [6.45, 7) is 2.51. The minimum absolute atomic E-state index is 0.0263. The first-order chi connectivity index (χ1) is 14.5. The monoisotopic (exact) mass is 409 g/mol. The van der Waals surface area contributed by atoms with E-state index in [0.717, 1.165) is 18.7 Å². The molecule has 0 atom stereocenters. The molecule has 0 aliphatic carbocycles. The van der Waals surface area contributed by atoms with Crippen LogP contribution in [-0.2, 0) is 9.59 Å². The van der Waals surface area contributed by atoms with Gasteiger partial charge in [0.1, 0.15) is 12.3 Å². The van der Waals surface area contributed by atoms with Gasteiger partial charge in [-0.3, -0.25) is 9.59 Å². The summed E-state index contributed by atoms with van der Waals surface area (Å²) in [7, 11) is 1.57. The molecule has 2 aromatic carbocycles. The molecule has 7 nitrogen and oxygen atoms in total. The Morgan fingerprint density at radius 3 is 2.27 bits per heavy atom. The van der Waals surface area contributed by atoms with Crippen molar-refractivity contribution in [1.29, 1.82) is 0 Å². The fourth-order valence-electron chi connectivity index (χ4n) is 3.33.